The van der Waals surface area contributed by atoms with Crippen LogP contribution in [0, 0.1) is 10.1 Å². The molecule has 0 atom stereocenters. The number of carboxylic acid groups (broad SMARTS) is 2. The summed E-state index contributed by atoms with van der Waals surface area (Å²) in [6.45, 7) is 0.486. The van der Waals surface area contributed by atoms with E-state index in [0.29, 0.717) is 24.0 Å². The minimum atomic E-state index is -1.82. The lowest BCUT2D eigenvalue weighted by Crippen LogP contribution is -2.09. The van der Waals surface area contributed by atoms with Gasteiger partial charge < -0.3 is 29.6 Å². The number of methoxy groups -OCH3 is 2. The molecule has 0 bridgehead atoms. The largest absolute Gasteiger partial charge is 0.493 e. The number of anilines is 1. The Balaban J connectivity index is 0.000000569. The summed E-state index contributed by atoms with van der Waals surface area (Å²) in [5.41, 5.74) is 2.48. The molecule has 0 amide bonds. The van der Waals surface area contributed by atoms with Gasteiger partial charge in [-0.25, -0.2) is 14.6 Å². The van der Waals surface area contributed by atoms with E-state index >= 15 is 0 Å². The number of nitrogens with zero attached hydrogens (tertiary/aromatic N) is 3. The zero-order valence-corrected chi connectivity index (χ0v) is 18.0. The number of nitrogens with one attached hydrogen (secondary N) is 1. The summed E-state index contributed by atoms with van der Waals surface area (Å²) < 4.78 is 12.6. The molecule has 2 aromatic carbocycles. The molecule has 0 aliphatic heterocycles. The molecule has 12 nitrogen and oxygen atoms in total. The predicted octanol–water partition coefficient (Wildman–Crippen LogP) is 2.78. The molecule has 0 spiro atoms. The van der Waals surface area contributed by atoms with Crippen molar-refractivity contribution in [3.8, 4) is 22.8 Å². The number of imidazole rings is 1. The van der Waals surface area contributed by atoms with E-state index in [1.54, 1.807) is 26.5 Å². The number of nitro benzene ring substituents is 1. The van der Waals surface area contributed by atoms with Gasteiger partial charge in [-0.2, -0.15) is 0 Å². The average Bonchev–Trinajstić information content (AvgIpc) is 3.17. The van der Waals surface area contributed by atoms with Crippen LogP contribution in [0.5, 0.6) is 11.5 Å². The Bertz CT molecular complexity index is 1150. The molecule has 0 unspecified atom stereocenters. The van der Waals surface area contributed by atoms with Crippen LogP contribution in [0.25, 0.3) is 11.3 Å². The van der Waals surface area contributed by atoms with Crippen molar-refractivity contribution < 1.29 is 34.2 Å². The maximum atomic E-state index is 11.0. The number of non-ortho nitro benzene ring substituents is 1. The molecular formula is C21H22N4O8. The lowest BCUT2D eigenvalue weighted by molar-refractivity contribution is -0.384. The maximum Gasteiger partial charge on any atom is 0.414 e. The fraction of sp³-hybridized carbons (Fsp3) is 0.190. The van der Waals surface area contributed by atoms with Crippen LogP contribution in [0.1, 0.15) is 5.56 Å². The lowest BCUT2D eigenvalue weighted by atomic mass is 10.1. The van der Waals surface area contributed by atoms with E-state index in [2.05, 4.69) is 10.3 Å². The van der Waals surface area contributed by atoms with Gasteiger partial charge in [-0.1, -0.05) is 24.3 Å². The van der Waals surface area contributed by atoms with E-state index in [4.69, 9.17) is 29.3 Å². The van der Waals surface area contributed by atoms with Crippen molar-refractivity contribution in [3.63, 3.8) is 0 Å². The second-order valence-corrected chi connectivity index (χ2v) is 6.45. The molecule has 1 heterocycles. The standard InChI is InChI=1S/C19H20N4O4.C2H2O4/c1-22-16(13-6-4-8-15(10-13)23(24)25)12-21-19(22)20-11-14-7-5-9-17(26-2)18(14)27-3;3-1(4)2(5)6/h4-10,12H,11H2,1-3H3,(H,20,21);(H,3,4)(H,5,6). The molecule has 0 fully saturated rings. The van der Waals surface area contributed by atoms with Crippen LogP contribution in [0.4, 0.5) is 11.6 Å². The van der Waals surface area contributed by atoms with Crippen LogP contribution in [-0.4, -0.2) is 50.8 Å². The van der Waals surface area contributed by atoms with Gasteiger partial charge in [0, 0.05) is 36.9 Å². The summed E-state index contributed by atoms with van der Waals surface area (Å²) in [6, 6.07) is 12.2. The van der Waals surface area contributed by atoms with Crippen LogP contribution in [-0.2, 0) is 23.2 Å². The number of nitro groups is 1. The minimum absolute atomic E-state index is 0.0457. The van der Waals surface area contributed by atoms with Crippen molar-refractivity contribution in [3.05, 3.63) is 64.3 Å². The van der Waals surface area contributed by atoms with E-state index in [9.17, 15) is 10.1 Å². The van der Waals surface area contributed by atoms with Gasteiger partial charge in [-0.05, 0) is 6.07 Å². The van der Waals surface area contributed by atoms with Crippen LogP contribution in [0.2, 0.25) is 0 Å². The Morgan fingerprint density at radius 2 is 1.79 bits per heavy atom. The van der Waals surface area contributed by atoms with Crippen LogP contribution in [0.15, 0.2) is 48.7 Å². The number of ether oxygens (including phenoxy) is 2. The van der Waals surface area contributed by atoms with Crippen molar-refractivity contribution in [2.24, 2.45) is 7.05 Å². The zero-order valence-electron chi connectivity index (χ0n) is 18.0. The number of benzene rings is 2. The molecule has 1 aromatic heterocycles. The topological polar surface area (TPSA) is 166 Å². The molecule has 33 heavy (non-hydrogen) atoms. The van der Waals surface area contributed by atoms with Crippen molar-refractivity contribution in [1.82, 2.24) is 9.55 Å². The van der Waals surface area contributed by atoms with Gasteiger partial charge in [0.25, 0.3) is 5.69 Å². The zero-order chi connectivity index (χ0) is 24.5. The average molecular weight is 458 g/mol. The smallest absolute Gasteiger partial charge is 0.414 e. The van der Waals surface area contributed by atoms with Crippen molar-refractivity contribution in [1.29, 1.82) is 0 Å². The van der Waals surface area contributed by atoms with Gasteiger partial charge in [0.15, 0.2) is 11.5 Å². The first-order chi connectivity index (χ1) is 15.7. The van der Waals surface area contributed by atoms with E-state index in [0.717, 1.165) is 16.8 Å². The fourth-order valence-corrected chi connectivity index (χ4v) is 2.89. The van der Waals surface area contributed by atoms with Crippen molar-refractivity contribution in [2.75, 3.05) is 19.5 Å². The number of rotatable bonds is 7. The maximum absolute atomic E-state index is 11.0. The van der Waals surface area contributed by atoms with E-state index in [-0.39, 0.29) is 5.69 Å². The molecule has 3 aromatic rings. The third-order valence-electron chi connectivity index (χ3n) is 4.45. The summed E-state index contributed by atoms with van der Waals surface area (Å²) in [4.78, 5) is 33.2. The van der Waals surface area contributed by atoms with Gasteiger partial charge in [-0.15, -0.1) is 0 Å². The molecule has 0 aliphatic carbocycles. The molecule has 12 heteroatoms. The summed E-state index contributed by atoms with van der Waals surface area (Å²) >= 11 is 0. The Kier molecular flexibility index (Phi) is 8.32. The highest BCUT2D eigenvalue weighted by atomic mass is 16.6. The van der Waals surface area contributed by atoms with Crippen molar-refractivity contribution in [2.45, 2.75) is 6.54 Å². The Hall–Kier alpha value is -4.61. The number of para-hydroxylation sites is 1. The SMILES string of the molecule is COc1cccc(CNc2ncc(-c3cccc([N+](=O)[O-])c3)n2C)c1OC.O=C(O)C(=O)O. The molecule has 174 valence electrons. The molecule has 0 radical (unpaired) electrons. The first-order valence-corrected chi connectivity index (χ1v) is 9.36. The summed E-state index contributed by atoms with van der Waals surface area (Å²) in [6.07, 6.45) is 1.68. The van der Waals surface area contributed by atoms with Crippen molar-refractivity contribution >= 4 is 23.6 Å². The highest BCUT2D eigenvalue weighted by Gasteiger charge is 2.14. The van der Waals surface area contributed by atoms with Crippen LogP contribution in [0.3, 0.4) is 0 Å². The monoisotopic (exact) mass is 458 g/mol. The predicted molar refractivity (Wildman–Crippen MR) is 117 cm³/mol. The molecule has 0 saturated carbocycles. The third kappa shape index (κ3) is 6.19. The first-order valence-electron chi connectivity index (χ1n) is 9.36. The van der Waals surface area contributed by atoms with Gasteiger partial charge in [-0.3, -0.25) is 10.1 Å². The second kappa shape index (κ2) is 11.1. The summed E-state index contributed by atoms with van der Waals surface area (Å²) in [5, 5.41) is 29.0. The van der Waals surface area contributed by atoms with Gasteiger partial charge in [0.1, 0.15) is 0 Å². The molecule has 3 rings (SSSR count). The molecular weight excluding hydrogens is 436 g/mol. The lowest BCUT2D eigenvalue weighted by Gasteiger charge is -2.14. The Morgan fingerprint density at radius 1 is 1.12 bits per heavy atom. The van der Waals surface area contributed by atoms with Gasteiger partial charge in [0.05, 0.1) is 31.0 Å². The Labute approximate surface area is 188 Å². The summed E-state index contributed by atoms with van der Waals surface area (Å²) in [5.74, 6) is -1.68. The summed E-state index contributed by atoms with van der Waals surface area (Å²) in [7, 11) is 5.05. The number of aliphatic carboxylic acids is 2. The third-order valence-corrected chi connectivity index (χ3v) is 4.45. The van der Waals surface area contributed by atoms with E-state index < -0.39 is 16.9 Å². The number of aromatic nitrogens is 2. The van der Waals surface area contributed by atoms with Gasteiger partial charge >= 0.3 is 11.9 Å². The van der Waals surface area contributed by atoms with E-state index in [1.807, 2.05) is 35.9 Å². The molecule has 3 N–H and O–H groups in total. The van der Waals surface area contributed by atoms with E-state index in [1.165, 1.54) is 12.1 Å². The number of carbonyl (C=O) groups is 2. The number of hydrogen-bond donors (Lipinski definition) is 3. The highest BCUT2D eigenvalue weighted by Crippen LogP contribution is 2.31. The normalized spacial score (nSPS) is 9.91. The van der Waals surface area contributed by atoms with Gasteiger partial charge in [0.2, 0.25) is 5.95 Å². The highest BCUT2D eigenvalue weighted by molar-refractivity contribution is 6.27. The second-order valence-electron chi connectivity index (χ2n) is 6.45. The van der Waals surface area contributed by atoms with Crippen LogP contribution >= 0.6 is 0 Å². The van der Waals surface area contributed by atoms with Crippen LogP contribution < -0.4 is 14.8 Å². The first kappa shape index (κ1) is 24.7. The number of hydrogen-bond acceptors (Lipinski definition) is 8. The Morgan fingerprint density at radius 3 is 2.36 bits per heavy atom. The fourth-order valence-electron chi connectivity index (χ4n) is 2.89. The minimum Gasteiger partial charge on any atom is -0.493 e. The molecule has 0 aliphatic rings. The number of carboxylic acids is 2. The quantitative estimate of drug-likeness (QED) is 0.272. The molecule has 0 saturated heterocycles.